The minimum atomic E-state index is -4.55. The van der Waals surface area contributed by atoms with Crippen molar-refractivity contribution in [2.24, 2.45) is 16.7 Å². The number of nitrogens with zero attached hydrogens (tertiary/aromatic N) is 3. The van der Waals surface area contributed by atoms with Crippen LogP contribution in [0.2, 0.25) is 0 Å². The zero-order valence-electron chi connectivity index (χ0n) is 15.7. The van der Waals surface area contributed by atoms with Crippen LogP contribution in [0.15, 0.2) is 24.3 Å². The molecule has 0 saturated carbocycles. The first kappa shape index (κ1) is 20.6. The molecule has 2 bridgehead atoms. The van der Waals surface area contributed by atoms with Gasteiger partial charge in [0.1, 0.15) is 6.10 Å². The first-order chi connectivity index (χ1) is 13.6. The summed E-state index contributed by atoms with van der Waals surface area (Å²) in [4.78, 5) is 0. The maximum atomic E-state index is 12.9. The third-order valence-electron chi connectivity index (χ3n) is 5.83. The lowest BCUT2D eigenvalue weighted by Crippen LogP contribution is -2.58. The van der Waals surface area contributed by atoms with Crippen LogP contribution in [-0.2, 0) is 15.7 Å². The highest BCUT2D eigenvalue weighted by Crippen LogP contribution is 2.67. The first-order valence-corrected chi connectivity index (χ1v) is 8.93. The summed E-state index contributed by atoms with van der Waals surface area (Å²) in [6, 6.07) is 9.61. The summed E-state index contributed by atoms with van der Waals surface area (Å²) in [7, 11) is 0. The van der Waals surface area contributed by atoms with Gasteiger partial charge in [-0.3, -0.25) is 5.41 Å². The molecule has 2 heterocycles. The summed E-state index contributed by atoms with van der Waals surface area (Å²) < 4.78 is 50.3. The Balaban J connectivity index is 2.23. The lowest BCUT2D eigenvalue weighted by molar-refractivity contribution is -0.274. The monoisotopic (exact) mass is 402 g/mol. The molecule has 1 aromatic carbocycles. The summed E-state index contributed by atoms with van der Waals surface area (Å²) >= 11 is 0. The van der Waals surface area contributed by atoms with E-state index in [-0.39, 0.29) is 5.56 Å². The summed E-state index contributed by atoms with van der Waals surface area (Å²) in [6.07, 6.45) is -4.98. The molecule has 3 rings (SSSR count). The number of alkyl halides is 3. The standard InChI is InChI=1S/C20H17F3N4O2/c1-3-4-14-17(2)28-15(12-5-7-13(8-6-12)20(21,22)23)18(9-24,10-25)19(14,11-26)16(27)29-17/h5-8,14-15,27H,3-4H2,1-2H3. The van der Waals surface area contributed by atoms with Gasteiger partial charge in [0.05, 0.1) is 29.7 Å². The van der Waals surface area contributed by atoms with E-state index in [1.165, 1.54) is 6.92 Å². The van der Waals surface area contributed by atoms with Gasteiger partial charge < -0.3 is 9.47 Å². The number of nitrogens with one attached hydrogen (secondary N) is 1. The molecule has 2 aliphatic heterocycles. The van der Waals surface area contributed by atoms with Crippen molar-refractivity contribution in [2.75, 3.05) is 0 Å². The van der Waals surface area contributed by atoms with Crippen LogP contribution in [-0.4, -0.2) is 11.7 Å². The smallest absolute Gasteiger partial charge is 0.416 e. The van der Waals surface area contributed by atoms with Gasteiger partial charge in [-0.25, -0.2) is 0 Å². The highest BCUT2D eigenvalue weighted by molar-refractivity contribution is 5.89. The highest BCUT2D eigenvalue weighted by Gasteiger charge is 2.79. The van der Waals surface area contributed by atoms with Crippen molar-refractivity contribution >= 4 is 5.90 Å². The molecule has 2 saturated heterocycles. The van der Waals surface area contributed by atoms with Gasteiger partial charge >= 0.3 is 6.18 Å². The molecule has 0 amide bonds. The number of fused-ring (bicyclic) bond motifs is 2. The van der Waals surface area contributed by atoms with E-state index in [0.717, 1.165) is 24.3 Å². The number of hydrogen-bond acceptors (Lipinski definition) is 6. The minimum absolute atomic E-state index is 0.125. The Morgan fingerprint density at radius 1 is 1.10 bits per heavy atom. The SMILES string of the molecule is CCCC1C2(C)OC(=N)C1(C#N)C(C#N)(C#N)C(c1ccc(C(F)(F)F)cc1)O2. The van der Waals surface area contributed by atoms with E-state index in [4.69, 9.17) is 14.9 Å². The van der Waals surface area contributed by atoms with Gasteiger partial charge in [0.2, 0.25) is 17.1 Å². The van der Waals surface area contributed by atoms with Crippen molar-refractivity contribution < 1.29 is 22.6 Å². The number of hydrogen-bond donors (Lipinski definition) is 1. The van der Waals surface area contributed by atoms with E-state index in [1.807, 2.05) is 25.1 Å². The van der Waals surface area contributed by atoms with Crippen LogP contribution in [0, 0.1) is 56.2 Å². The lowest BCUT2D eigenvalue weighted by atomic mass is 9.53. The predicted octanol–water partition coefficient (Wildman–Crippen LogP) is 4.46. The van der Waals surface area contributed by atoms with Crippen LogP contribution in [0.5, 0.6) is 0 Å². The van der Waals surface area contributed by atoms with Gasteiger partial charge in [0, 0.05) is 6.92 Å². The Kier molecular flexibility index (Phi) is 4.61. The van der Waals surface area contributed by atoms with Crippen LogP contribution >= 0.6 is 0 Å². The number of ether oxygens (including phenoxy) is 2. The summed E-state index contributed by atoms with van der Waals surface area (Å²) in [5.74, 6) is -2.76. The maximum Gasteiger partial charge on any atom is 0.416 e. The molecule has 0 aromatic heterocycles. The minimum Gasteiger partial charge on any atom is -0.448 e. The second-order valence-electron chi connectivity index (χ2n) is 7.36. The quantitative estimate of drug-likeness (QED) is 0.802. The van der Waals surface area contributed by atoms with Crippen molar-refractivity contribution in [2.45, 2.75) is 44.8 Å². The van der Waals surface area contributed by atoms with Crippen molar-refractivity contribution in [1.82, 2.24) is 0 Å². The van der Waals surface area contributed by atoms with Crippen molar-refractivity contribution in [3.63, 3.8) is 0 Å². The Hall–Kier alpha value is -3.09. The molecule has 150 valence electrons. The van der Waals surface area contributed by atoms with Crippen molar-refractivity contribution in [3.8, 4) is 18.2 Å². The second-order valence-corrected chi connectivity index (χ2v) is 7.36. The van der Waals surface area contributed by atoms with E-state index in [2.05, 4.69) is 0 Å². The highest BCUT2D eigenvalue weighted by atomic mass is 19.4. The molecule has 6 nitrogen and oxygen atoms in total. The molecule has 4 atom stereocenters. The molecule has 29 heavy (non-hydrogen) atoms. The number of rotatable bonds is 3. The average molecular weight is 402 g/mol. The largest absolute Gasteiger partial charge is 0.448 e. The van der Waals surface area contributed by atoms with Crippen LogP contribution in [0.4, 0.5) is 13.2 Å². The van der Waals surface area contributed by atoms with E-state index in [1.54, 1.807) is 0 Å². The van der Waals surface area contributed by atoms with Crippen LogP contribution < -0.4 is 0 Å². The molecule has 9 heteroatoms. The van der Waals surface area contributed by atoms with Crippen molar-refractivity contribution in [1.29, 1.82) is 21.2 Å². The van der Waals surface area contributed by atoms with Gasteiger partial charge in [-0.15, -0.1) is 0 Å². The molecule has 1 N–H and O–H groups in total. The molecule has 0 radical (unpaired) electrons. The molecule has 4 unspecified atom stereocenters. The molecular formula is C20H17F3N4O2. The fourth-order valence-electron chi connectivity index (χ4n) is 4.46. The Bertz CT molecular complexity index is 956. The molecule has 2 fully saturated rings. The Labute approximate surface area is 165 Å². The number of halogens is 3. The van der Waals surface area contributed by atoms with E-state index in [0.29, 0.717) is 12.8 Å². The fraction of sp³-hybridized carbons (Fsp3) is 0.500. The Morgan fingerprint density at radius 2 is 1.69 bits per heavy atom. The van der Waals surface area contributed by atoms with E-state index < -0.39 is 46.3 Å². The first-order valence-electron chi connectivity index (χ1n) is 8.93. The average Bonchev–Trinajstić information content (AvgIpc) is 2.84. The van der Waals surface area contributed by atoms with E-state index >= 15 is 0 Å². The van der Waals surface area contributed by atoms with Crippen LogP contribution in [0.1, 0.15) is 43.9 Å². The summed E-state index contributed by atoms with van der Waals surface area (Å²) in [6.45, 7) is 3.37. The predicted molar refractivity (Wildman–Crippen MR) is 92.6 cm³/mol. The fourth-order valence-corrected chi connectivity index (χ4v) is 4.46. The van der Waals surface area contributed by atoms with Crippen molar-refractivity contribution in [3.05, 3.63) is 35.4 Å². The zero-order chi connectivity index (χ0) is 21.7. The third kappa shape index (κ3) is 2.53. The van der Waals surface area contributed by atoms with E-state index in [9.17, 15) is 29.0 Å². The summed E-state index contributed by atoms with van der Waals surface area (Å²) in [5.41, 5.74) is -4.85. The molecule has 0 spiro atoms. The molecule has 2 aliphatic rings. The lowest BCUT2D eigenvalue weighted by Gasteiger charge is -2.48. The normalized spacial score (nSPS) is 32.6. The van der Waals surface area contributed by atoms with Crippen LogP contribution in [0.3, 0.4) is 0 Å². The maximum absolute atomic E-state index is 12.9. The van der Waals surface area contributed by atoms with Gasteiger partial charge in [0.15, 0.2) is 5.41 Å². The Morgan fingerprint density at radius 3 is 2.14 bits per heavy atom. The summed E-state index contributed by atoms with van der Waals surface area (Å²) in [5, 5.41) is 38.5. The third-order valence-corrected chi connectivity index (χ3v) is 5.83. The number of nitriles is 3. The molecular weight excluding hydrogens is 385 g/mol. The van der Waals surface area contributed by atoms with Gasteiger partial charge in [-0.05, 0) is 24.1 Å². The molecule has 0 aliphatic carbocycles. The van der Waals surface area contributed by atoms with Gasteiger partial charge in [-0.2, -0.15) is 29.0 Å². The zero-order valence-corrected chi connectivity index (χ0v) is 15.7. The number of benzene rings is 1. The second kappa shape index (κ2) is 6.47. The van der Waals surface area contributed by atoms with Gasteiger partial charge in [-0.1, -0.05) is 25.5 Å². The van der Waals surface area contributed by atoms with Gasteiger partial charge in [0.25, 0.3) is 0 Å². The van der Waals surface area contributed by atoms with Crippen LogP contribution in [0.25, 0.3) is 0 Å². The topological polar surface area (TPSA) is 114 Å². The molecule has 1 aromatic rings.